The highest BCUT2D eigenvalue weighted by Crippen LogP contribution is 2.29. The molecule has 7 heteroatoms. The van der Waals surface area contributed by atoms with Gasteiger partial charge in [-0.3, -0.25) is 4.79 Å². The molecule has 0 heterocycles. The minimum atomic E-state index is -2.99. The molecular weight excluding hydrogens is 356 g/mol. The van der Waals surface area contributed by atoms with Gasteiger partial charge in [0.1, 0.15) is 5.75 Å². The second-order valence-electron chi connectivity index (χ2n) is 6.19. The second-order valence-corrected chi connectivity index (χ2v) is 6.19. The predicted octanol–water partition coefficient (Wildman–Crippen LogP) is 3.64. The largest absolute Gasteiger partial charge is 0.452 e. The van der Waals surface area contributed by atoms with Crippen molar-refractivity contribution in [2.24, 2.45) is 0 Å². The zero-order valence-electron chi connectivity index (χ0n) is 14.5. The van der Waals surface area contributed by atoms with Crippen LogP contribution in [0.5, 0.6) is 5.75 Å². The first-order valence-corrected chi connectivity index (χ1v) is 8.62. The molecule has 1 unspecified atom stereocenters. The molecule has 0 radical (unpaired) electrons. The molecule has 5 nitrogen and oxygen atoms in total. The van der Waals surface area contributed by atoms with Gasteiger partial charge < -0.3 is 14.8 Å². The Morgan fingerprint density at radius 2 is 1.96 bits per heavy atom. The summed E-state index contributed by atoms with van der Waals surface area (Å²) >= 11 is 0. The van der Waals surface area contributed by atoms with Crippen molar-refractivity contribution in [3.8, 4) is 5.75 Å². The van der Waals surface area contributed by atoms with E-state index in [1.54, 1.807) is 0 Å². The van der Waals surface area contributed by atoms with E-state index in [4.69, 9.17) is 4.74 Å². The summed E-state index contributed by atoms with van der Waals surface area (Å²) in [5, 5.41) is 2.88. The zero-order valence-corrected chi connectivity index (χ0v) is 14.5. The van der Waals surface area contributed by atoms with Crippen LogP contribution in [-0.2, 0) is 16.0 Å². The van der Waals surface area contributed by atoms with Crippen LogP contribution in [0.15, 0.2) is 48.5 Å². The van der Waals surface area contributed by atoms with E-state index in [1.807, 2.05) is 24.3 Å². The molecule has 0 aromatic heterocycles. The number of alkyl halides is 2. The summed E-state index contributed by atoms with van der Waals surface area (Å²) in [4.78, 5) is 24.2. The number of halogens is 2. The fourth-order valence-electron chi connectivity index (χ4n) is 3.15. The minimum absolute atomic E-state index is 0.0314. The highest BCUT2D eigenvalue weighted by atomic mass is 19.3. The van der Waals surface area contributed by atoms with Crippen LogP contribution in [0.1, 0.15) is 40.4 Å². The van der Waals surface area contributed by atoms with Gasteiger partial charge in [-0.05, 0) is 48.6 Å². The van der Waals surface area contributed by atoms with Crippen molar-refractivity contribution >= 4 is 11.9 Å². The average Bonchev–Trinajstić information content (AvgIpc) is 2.66. The summed E-state index contributed by atoms with van der Waals surface area (Å²) in [5.74, 6) is -1.35. The van der Waals surface area contributed by atoms with Gasteiger partial charge in [0.05, 0.1) is 11.6 Å². The molecule has 2 aromatic rings. The average molecular weight is 375 g/mol. The predicted molar refractivity (Wildman–Crippen MR) is 93.6 cm³/mol. The monoisotopic (exact) mass is 375 g/mol. The molecule has 142 valence electrons. The van der Waals surface area contributed by atoms with E-state index in [0.29, 0.717) is 0 Å². The van der Waals surface area contributed by atoms with Gasteiger partial charge in [0.25, 0.3) is 5.91 Å². The Labute approximate surface area is 155 Å². The standard InChI is InChI=1S/C20H19F2NO4/c21-20(22)27-15-8-3-7-14(11-15)19(25)26-12-18(24)23-17-10-4-6-13-5-1-2-9-16(13)17/h1-3,5,7-9,11,17,20H,4,6,10,12H2,(H,23,24). The first-order valence-electron chi connectivity index (χ1n) is 8.62. The van der Waals surface area contributed by atoms with Crippen molar-refractivity contribution < 1.29 is 27.8 Å². The quantitative estimate of drug-likeness (QED) is 0.783. The summed E-state index contributed by atoms with van der Waals surface area (Å²) in [6.45, 7) is -3.43. The molecule has 0 saturated heterocycles. The third-order valence-electron chi connectivity index (χ3n) is 4.33. The van der Waals surface area contributed by atoms with Gasteiger partial charge in [0.15, 0.2) is 6.61 Å². The Balaban J connectivity index is 1.55. The van der Waals surface area contributed by atoms with Gasteiger partial charge >= 0.3 is 12.6 Å². The second kappa shape index (κ2) is 8.62. The highest BCUT2D eigenvalue weighted by molar-refractivity contribution is 5.91. The SMILES string of the molecule is O=C(COC(=O)c1cccc(OC(F)F)c1)NC1CCCc2ccccc21. The first kappa shape index (κ1) is 18.8. The molecule has 0 fully saturated rings. The molecule has 1 aliphatic carbocycles. The van der Waals surface area contributed by atoms with E-state index >= 15 is 0 Å². The topological polar surface area (TPSA) is 64.6 Å². The minimum Gasteiger partial charge on any atom is -0.452 e. The van der Waals surface area contributed by atoms with E-state index in [0.717, 1.165) is 30.9 Å². The van der Waals surface area contributed by atoms with Gasteiger partial charge in [-0.15, -0.1) is 0 Å². The molecule has 3 rings (SSSR count). The van der Waals surface area contributed by atoms with Crippen molar-refractivity contribution in [3.63, 3.8) is 0 Å². The summed E-state index contributed by atoms with van der Waals surface area (Å²) in [7, 11) is 0. The number of hydrogen-bond donors (Lipinski definition) is 1. The number of ether oxygens (including phenoxy) is 2. The maximum Gasteiger partial charge on any atom is 0.387 e. The lowest BCUT2D eigenvalue weighted by Crippen LogP contribution is -2.34. The summed E-state index contributed by atoms with van der Waals surface area (Å²) in [6, 6.07) is 13.1. The van der Waals surface area contributed by atoms with Crippen molar-refractivity contribution in [1.82, 2.24) is 5.32 Å². The molecule has 1 aliphatic rings. The maximum absolute atomic E-state index is 12.2. The van der Waals surface area contributed by atoms with Crippen LogP contribution in [0.4, 0.5) is 8.78 Å². The lowest BCUT2D eigenvalue weighted by atomic mass is 9.88. The van der Waals surface area contributed by atoms with Crippen molar-refractivity contribution in [1.29, 1.82) is 0 Å². The van der Waals surface area contributed by atoms with Gasteiger partial charge in [0, 0.05) is 0 Å². The number of carbonyl (C=O) groups excluding carboxylic acids is 2. The molecule has 2 aromatic carbocycles. The van der Waals surface area contributed by atoms with Crippen LogP contribution in [0.3, 0.4) is 0 Å². The Bertz CT molecular complexity index is 825. The van der Waals surface area contributed by atoms with Crippen LogP contribution in [0, 0.1) is 0 Å². The number of aryl methyl sites for hydroxylation is 1. The lowest BCUT2D eigenvalue weighted by molar-refractivity contribution is -0.125. The van der Waals surface area contributed by atoms with E-state index < -0.39 is 25.1 Å². The highest BCUT2D eigenvalue weighted by Gasteiger charge is 2.22. The Hall–Kier alpha value is -2.96. The fraction of sp³-hybridized carbons (Fsp3) is 0.300. The molecule has 1 atom stereocenters. The van der Waals surface area contributed by atoms with Gasteiger partial charge in [-0.2, -0.15) is 8.78 Å². The van der Waals surface area contributed by atoms with E-state index in [-0.39, 0.29) is 17.4 Å². The van der Waals surface area contributed by atoms with Crippen LogP contribution < -0.4 is 10.1 Å². The Kier molecular flexibility index (Phi) is 6.01. The number of benzene rings is 2. The number of fused-ring (bicyclic) bond motifs is 1. The third-order valence-corrected chi connectivity index (χ3v) is 4.33. The Morgan fingerprint density at radius 1 is 1.15 bits per heavy atom. The van der Waals surface area contributed by atoms with Crippen LogP contribution in [0.25, 0.3) is 0 Å². The fourth-order valence-corrected chi connectivity index (χ4v) is 3.15. The van der Waals surface area contributed by atoms with Crippen LogP contribution in [-0.4, -0.2) is 25.1 Å². The normalized spacial score (nSPS) is 15.7. The van der Waals surface area contributed by atoms with Crippen LogP contribution >= 0.6 is 0 Å². The molecule has 0 spiro atoms. The molecule has 0 aliphatic heterocycles. The number of amides is 1. The van der Waals surface area contributed by atoms with Gasteiger partial charge in [0.2, 0.25) is 0 Å². The smallest absolute Gasteiger partial charge is 0.387 e. The zero-order chi connectivity index (χ0) is 19.2. The first-order chi connectivity index (χ1) is 13.0. The van der Waals surface area contributed by atoms with Crippen molar-refractivity contribution in [2.45, 2.75) is 31.9 Å². The molecule has 27 heavy (non-hydrogen) atoms. The number of esters is 1. The molecule has 0 bridgehead atoms. The number of nitrogens with one attached hydrogen (secondary N) is 1. The van der Waals surface area contributed by atoms with Crippen molar-refractivity contribution in [2.75, 3.05) is 6.61 Å². The molecule has 1 N–H and O–H groups in total. The summed E-state index contributed by atoms with van der Waals surface area (Å²) < 4.78 is 33.7. The number of rotatable bonds is 6. The van der Waals surface area contributed by atoms with E-state index in [1.165, 1.54) is 23.8 Å². The van der Waals surface area contributed by atoms with Crippen molar-refractivity contribution in [3.05, 3.63) is 65.2 Å². The molecular formula is C20H19F2NO4. The molecule has 1 amide bonds. The summed E-state index contributed by atoms with van der Waals surface area (Å²) in [5.41, 5.74) is 2.33. The molecule has 0 saturated carbocycles. The van der Waals surface area contributed by atoms with E-state index in [9.17, 15) is 18.4 Å². The van der Waals surface area contributed by atoms with Gasteiger partial charge in [-0.1, -0.05) is 30.3 Å². The van der Waals surface area contributed by atoms with Crippen LogP contribution in [0.2, 0.25) is 0 Å². The summed E-state index contributed by atoms with van der Waals surface area (Å²) in [6.07, 6.45) is 2.77. The van der Waals surface area contributed by atoms with Gasteiger partial charge in [-0.25, -0.2) is 4.79 Å². The van der Waals surface area contributed by atoms with E-state index in [2.05, 4.69) is 10.1 Å². The Morgan fingerprint density at radius 3 is 2.78 bits per heavy atom. The number of carbonyl (C=O) groups is 2. The lowest BCUT2D eigenvalue weighted by Gasteiger charge is -2.26. The third kappa shape index (κ3) is 5.03. The number of hydrogen-bond acceptors (Lipinski definition) is 4. The maximum atomic E-state index is 12.2.